The van der Waals surface area contributed by atoms with Crippen LogP contribution in [-0.2, 0) is 9.59 Å². The molecule has 6 heteroatoms. The van der Waals surface area contributed by atoms with Crippen molar-refractivity contribution in [3.8, 4) is 6.07 Å². The molecular formula is C22H22N4O2. The van der Waals surface area contributed by atoms with Crippen molar-refractivity contribution in [3.05, 3.63) is 71.3 Å². The SMILES string of the molecule is CC(NC(=O)CCC(=O)N1CCC(c2ccccc2)=N1)c1ccc(C#N)cc1. The zero-order valence-electron chi connectivity index (χ0n) is 15.8. The van der Waals surface area contributed by atoms with Gasteiger partial charge in [-0.3, -0.25) is 9.59 Å². The van der Waals surface area contributed by atoms with E-state index >= 15 is 0 Å². The Kier molecular flexibility index (Phi) is 6.18. The molecule has 0 saturated heterocycles. The standard InChI is InChI=1S/C22H22N4O2/c1-16(18-9-7-17(15-23)8-10-18)24-21(27)11-12-22(28)26-14-13-20(25-26)19-5-3-2-4-6-19/h2-10,16H,11-14H2,1H3,(H,24,27). The predicted molar refractivity (Wildman–Crippen MR) is 106 cm³/mol. The number of nitrogens with one attached hydrogen (secondary N) is 1. The second-order valence-corrected chi connectivity index (χ2v) is 6.70. The van der Waals surface area contributed by atoms with Crippen LogP contribution >= 0.6 is 0 Å². The van der Waals surface area contributed by atoms with Gasteiger partial charge in [0.15, 0.2) is 0 Å². The van der Waals surface area contributed by atoms with Crippen LogP contribution in [0.1, 0.15) is 48.9 Å². The van der Waals surface area contributed by atoms with E-state index < -0.39 is 0 Å². The first-order valence-electron chi connectivity index (χ1n) is 9.29. The number of hydrogen-bond acceptors (Lipinski definition) is 4. The van der Waals surface area contributed by atoms with Crippen LogP contribution in [0.25, 0.3) is 0 Å². The molecule has 2 amide bonds. The first-order chi connectivity index (χ1) is 13.6. The van der Waals surface area contributed by atoms with Gasteiger partial charge in [0.2, 0.25) is 11.8 Å². The van der Waals surface area contributed by atoms with E-state index in [0.717, 1.165) is 23.3 Å². The van der Waals surface area contributed by atoms with Crippen molar-refractivity contribution in [1.82, 2.24) is 10.3 Å². The Labute approximate surface area is 164 Å². The summed E-state index contributed by atoms with van der Waals surface area (Å²) in [6.07, 6.45) is 0.960. The lowest BCUT2D eigenvalue weighted by Gasteiger charge is -2.15. The summed E-state index contributed by atoms with van der Waals surface area (Å²) in [6.45, 7) is 2.42. The van der Waals surface area contributed by atoms with Crippen LogP contribution in [0.2, 0.25) is 0 Å². The van der Waals surface area contributed by atoms with Gasteiger partial charge in [-0.15, -0.1) is 0 Å². The van der Waals surface area contributed by atoms with Crippen LogP contribution in [0.3, 0.4) is 0 Å². The van der Waals surface area contributed by atoms with Crippen molar-refractivity contribution in [2.24, 2.45) is 5.10 Å². The Morgan fingerprint density at radius 3 is 2.54 bits per heavy atom. The molecule has 0 fully saturated rings. The van der Waals surface area contributed by atoms with Gasteiger partial charge in [0.05, 0.1) is 29.9 Å². The summed E-state index contributed by atoms with van der Waals surface area (Å²) < 4.78 is 0. The molecule has 2 aromatic carbocycles. The molecule has 28 heavy (non-hydrogen) atoms. The Morgan fingerprint density at radius 1 is 1.14 bits per heavy atom. The molecule has 6 nitrogen and oxygen atoms in total. The molecule has 1 aliphatic heterocycles. The van der Waals surface area contributed by atoms with E-state index in [1.807, 2.05) is 49.4 Å². The minimum atomic E-state index is -0.190. The monoisotopic (exact) mass is 374 g/mol. The lowest BCUT2D eigenvalue weighted by atomic mass is 10.1. The molecule has 142 valence electrons. The quantitative estimate of drug-likeness (QED) is 0.843. The first-order valence-corrected chi connectivity index (χ1v) is 9.29. The minimum absolute atomic E-state index is 0.117. The Morgan fingerprint density at radius 2 is 1.86 bits per heavy atom. The Hall–Kier alpha value is -3.46. The molecule has 0 radical (unpaired) electrons. The third-order valence-electron chi connectivity index (χ3n) is 4.68. The number of carbonyl (C=O) groups excluding carboxylic acids is 2. The molecule has 1 unspecified atom stereocenters. The average Bonchev–Trinajstić information content (AvgIpc) is 3.23. The molecule has 0 aliphatic carbocycles. The van der Waals surface area contributed by atoms with E-state index in [1.54, 1.807) is 12.1 Å². The molecule has 0 saturated carbocycles. The van der Waals surface area contributed by atoms with Gasteiger partial charge in [-0.1, -0.05) is 42.5 Å². The minimum Gasteiger partial charge on any atom is -0.350 e. The lowest BCUT2D eigenvalue weighted by Crippen LogP contribution is -2.29. The summed E-state index contributed by atoms with van der Waals surface area (Å²) in [5.74, 6) is -0.330. The molecule has 1 heterocycles. The first kappa shape index (κ1) is 19.3. The second kappa shape index (κ2) is 8.96. The molecular weight excluding hydrogens is 352 g/mol. The van der Waals surface area contributed by atoms with Crippen LogP contribution in [0, 0.1) is 11.3 Å². The van der Waals surface area contributed by atoms with Crippen LogP contribution in [-0.4, -0.2) is 29.1 Å². The van der Waals surface area contributed by atoms with Crippen LogP contribution in [0.4, 0.5) is 0 Å². The van der Waals surface area contributed by atoms with Crippen molar-refractivity contribution in [2.45, 2.75) is 32.2 Å². The molecule has 3 rings (SSSR count). The van der Waals surface area contributed by atoms with Gasteiger partial charge in [-0.25, -0.2) is 5.01 Å². The van der Waals surface area contributed by atoms with E-state index in [2.05, 4.69) is 16.5 Å². The molecule has 2 aromatic rings. The highest BCUT2D eigenvalue weighted by atomic mass is 16.2. The normalized spacial score (nSPS) is 14.1. The largest absolute Gasteiger partial charge is 0.350 e. The van der Waals surface area contributed by atoms with Gasteiger partial charge in [0, 0.05) is 19.3 Å². The van der Waals surface area contributed by atoms with E-state index in [1.165, 1.54) is 5.01 Å². The van der Waals surface area contributed by atoms with Crippen LogP contribution in [0.15, 0.2) is 59.7 Å². The summed E-state index contributed by atoms with van der Waals surface area (Å²) in [5, 5.41) is 17.6. The summed E-state index contributed by atoms with van der Waals surface area (Å²) in [5.41, 5.74) is 3.41. The van der Waals surface area contributed by atoms with Gasteiger partial charge in [-0.2, -0.15) is 10.4 Å². The Balaban J connectivity index is 1.48. The highest BCUT2D eigenvalue weighted by molar-refractivity contribution is 6.02. The number of amides is 2. The number of rotatable bonds is 6. The summed E-state index contributed by atoms with van der Waals surface area (Å²) in [4.78, 5) is 24.5. The van der Waals surface area contributed by atoms with E-state index in [4.69, 9.17) is 5.26 Å². The van der Waals surface area contributed by atoms with Crippen molar-refractivity contribution >= 4 is 17.5 Å². The van der Waals surface area contributed by atoms with Gasteiger partial charge in [0.1, 0.15) is 0 Å². The zero-order chi connectivity index (χ0) is 19.9. The number of hydrogen-bond donors (Lipinski definition) is 1. The third kappa shape index (κ3) is 4.83. The molecule has 0 aromatic heterocycles. The topological polar surface area (TPSA) is 85.6 Å². The number of benzene rings is 2. The summed E-state index contributed by atoms with van der Waals surface area (Å²) >= 11 is 0. The maximum absolute atomic E-state index is 12.4. The number of carbonyl (C=O) groups is 2. The number of hydrazone groups is 1. The van der Waals surface area contributed by atoms with Gasteiger partial charge in [-0.05, 0) is 30.2 Å². The number of nitriles is 1. The fourth-order valence-electron chi connectivity index (χ4n) is 3.06. The second-order valence-electron chi connectivity index (χ2n) is 6.70. The van der Waals surface area contributed by atoms with E-state index in [9.17, 15) is 9.59 Å². The molecule has 0 spiro atoms. The van der Waals surface area contributed by atoms with E-state index in [-0.39, 0.29) is 30.7 Å². The molecule has 1 N–H and O–H groups in total. The fraction of sp³-hybridized carbons (Fsp3) is 0.273. The predicted octanol–water partition coefficient (Wildman–Crippen LogP) is 3.15. The van der Waals surface area contributed by atoms with Gasteiger partial charge < -0.3 is 5.32 Å². The summed E-state index contributed by atoms with van der Waals surface area (Å²) in [6, 6.07) is 18.7. The van der Waals surface area contributed by atoms with Crippen LogP contribution in [0.5, 0.6) is 0 Å². The van der Waals surface area contributed by atoms with Gasteiger partial charge in [0.25, 0.3) is 0 Å². The lowest BCUT2D eigenvalue weighted by molar-refractivity contribution is -0.133. The highest BCUT2D eigenvalue weighted by Gasteiger charge is 2.22. The van der Waals surface area contributed by atoms with E-state index in [0.29, 0.717) is 12.1 Å². The summed E-state index contributed by atoms with van der Waals surface area (Å²) in [7, 11) is 0. The van der Waals surface area contributed by atoms with Crippen molar-refractivity contribution in [2.75, 3.05) is 6.54 Å². The molecule has 1 atom stereocenters. The maximum Gasteiger partial charge on any atom is 0.243 e. The molecule has 1 aliphatic rings. The zero-order valence-corrected chi connectivity index (χ0v) is 15.8. The van der Waals surface area contributed by atoms with Crippen LogP contribution < -0.4 is 5.32 Å². The van der Waals surface area contributed by atoms with Crippen molar-refractivity contribution in [3.63, 3.8) is 0 Å². The highest BCUT2D eigenvalue weighted by Crippen LogP contribution is 2.16. The smallest absolute Gasteiger partial charge is 0.243 e. The average molecular weight is 374 g/mol. The third-order valence-corrected chi connectivity index (χ3v) is 4.68. The number of nitrogens with zero attached hydrogens (tertiary/aromatic N) is 3. The molecule has 0 bridgehead atoms. The Bertz CT molecular complexity index is 914. The van der Waals surface area contributed by atoms with Gasteiger partial charge >= 0.3 is 0 Å². The fourth-order valence-corrected chi connectivity index (χ4v) is 3.06. The maximum atomic E-state index is 12.4. The van der Waals surface area contributed by atoms with Crippen molar-refractivity contribution < 1.29 is 9.59 Å². The van der Waals surface area contributed by atoms with Crippen molar-refractivity contribution in [1.29, 1.82) is 5.26 Å².